The van der Waals surface area contributed by atoms with E-state index in [4.69, 9.17) is 0 Å². The maximum Gasteiger partial charge on any atom is 0.0351 e. The van der Waals surface area contributed by atoms with E-state index in [2.05, 4.69) is 15.1 Å². The predicted octanol–water partition coefficient (Wildman–Crippen LogP) is 1.30. The summed E-state index contributed by atoms with van der Waals surface area (Å²) < 4.78 is 0. The third-order valence-corrected chi connectivity index (χ3v) is 4.87. The van der Waals surface area contributed by atoms with Gasteiger partial charge >= 0.3 is 0 Å². The highest BCUT2D eigenvalue weighted by Gasteiger charge is 2.35. The first-order chi connectivity index (χ1) is 8.43. The summed E-state index contributed by atoms with van der Waals surface area (Å²) in [7, 11) is 0. The Hall–Kier alpha value is -0.120. The van der Waals surface area contributed by atoms with Crippen molar-refractivity contribution in [2.75, 3.05) is 39.3 Å². The molecule has 0 spiro atoms. The van der Waals surface area contributed by atoms with Gasteiger partial charge in [0.15, 0.2) is 0 Å². The molecular formula is C14H27N3. The van der Waals surface area contributed by atoms with E-state index in [9.17, 15) is 0 Å². The molecule has 0 unspecified atom stereocenters. The fraction of sp³-hybridized carbons (Fsp3) is 1.00. The summed E-state index contributed by atoms with van der Waals surface area (Å²) >= 11 is 0. The second-order valence-electron chi connectivity index (χ2n) is 6.04. The second-order valence-corrected chi connectivity index (χ2v) is 6.04. The SMILES string of the molecule is C1CCC(N2CC(N3CCCNCC3)C2)CC1. The van der Waals surface area contributed by atoms with Crippen LogP contribution in [0.5, 0.6) is 0 Å². The summed E-state index contributed by atoms with van der Waals surface area (Å²) in [6.07, 6.45) is 8.69. The lowest BCUT2D eigenvalue weighted by atomic mass is 9.91. The molecule has 3 heteroatoms. The molecular weight excluding hydrogens is 210 g/mol. The molecule has 2 heterocycles. The van der Waals surface area contributed by atoms with E-state index in [-0.39, 0.29) is 0 Å². The van der Waals surface area contributed by atoms with Crippen molar-refractivity contribution in [3.05, 3.63) is 0 Å². The Morgan fingerprint density at radius 1 is 0.706 bits per heavy atom. The maximum absolute atomic E-state index is 3.50. The molecule has 3 rings (SSSR count). The van der Waals surface area contributed by atoms with Crippen LogP contribution >= 0.6 is 0 Å². The average molecular weight is 237 g/mol. The summed E-state index contributed by atoms with van der Waals surface area (Å²) in [5, 5.41) is 3.50. The van der Waals surface area contributed by atoms with Gasteiger partial charge in [-0.3, -0.25) is 9.80 Å². The molecule has 0 aromatic heterocycles. The molecule has 2 saturated heterocycles. The van der Waals surface area contributed by atoms with E-state index >= 15 is 0 Å². The normalized spacial score (nSPS) is 31.1. The van der Waals surface area contributed by atoms with Gasteiger partial charge in [-0.15, -0.1) is 0 Å². The molecule has 1 aliphatic carbocycles. The first-order valence-corrected chi connectivity index (χ1v) is 7.62. The zero-order chi connectivity index (χ0) is 11.5. The van der Waals surface area contributed by atoms with E-state index in [1.54, 1.807) is 0 Å². The average Bonchev–Trinajstić information content (AvgIpc) is 2.58. The van der Waals surface area contributed by atoms with Gasteiger partial charge in [-0.05, 0) is 32.4 Å². The van der Waals surface area contributed by atoms with Crippen LogP contribution in [-0.4, -0.2) is 61.2 Å². The van der Waals surface area contributed by atoms with Crippen molar-refractivity contribution in [3.8, 4) is 0 Å². The quantitative estimate of drug-likeness (QED) is 0.781. The first kappa shape index (κ1) is 11.9. The van der Waals surface area contributed by atoms with Crippen molar-refractivity contribution in [2.24, 2.45) is 0 Å². The van der Waals surface area contributed by atoms with E-state index in [0.29, 0.717) is 0 Å². The van der Waals surface area contributed by atoms with Crippen molar-refractivity contribution < 1.29 is 0 Å². The summed E-state index contributed by atoms with van der Waals surface area (Å²) in [5.74, 6) is 0. The number of hydrogen-bond acceptors (Lipinski definition) is 3. The summed E-state index contributed by atoms with van der Waals surface area (Å²) in [4.78, 5) is 5.47. The minimum Gasteiger partial charge on any atom is -0.315 e. The zero-order valence-corrected chi connectivity index (χ0v) is 11.0. The molecule has 0 aromatic carbocycles. The molecule has 1 N–H and O–H groups in total. The number of nitrogens with zero attached hydrogens (tertiary/aromatic N) is 2. The molecule has 3 aliphatic rings. The summed E-state index contributed by atoms with van der Waals surface area (Å²) in [5.41, 5.74) is 0. The third kappa shape index (κ3) is 2.83. The highest BCUT2D eigenvalue weighted by Crippen LogP contribution is 2.27. The van der Waals surface area contributed by atoms with Crippen LogP contribution in [-0.2, 0) is 0 Å². The van der Waals surface area contributed by atoms with Gasteiger partial charge in [0.25, 0.3) is 0 Å². The van der Waals surface area contributed by atoms with Crippen LogP contribution in [0.15, 0.2) is 0 Å². The molecule has 0 amide bonds. The Labute approximate surface area is 106 Å². The lowest BCUT2D eigenvalue weighted by Crippen LogP contribution is -2.62. The monoisotopic (exact) mass is 237 g/mol. The van der Waals surface area contributed by atoms with Gasteiger partial charge in [0, 0.05) is 38.3 Å². The van der Waals surface area contributed by atoms with E-state index in [1.165, 1.54) is 77.8 Å². The van der Waals surface area contributed by atoms with Crippen molar-refractivity contribution in [2.45, 2.75) is 50.6 Å². The van der Waals surface area contributed by atoms with Crippen LogP contribution in [0.1, 0.15) is 38.5 Å². The Balaban J connectivity index is 1.43. The van der Waals surface area contributed by atoms with E-state index < -0.39 is 0 Å². The first-order valence-electron chi connectivity index (χ1n) is 7.62. The third-order valence-electron chi connectivity index (χ3n) is 4.87. The Bertz CT molecular complexity index is 224. The van der Waals surface area contributed by atoms with Crippen LogP contribution < -0.4 is 5.32 Å². The number of hydrogen-bond donors (Lipinski definition) is 1. The van der Waals surface area contributed by atoms with Crippen LogP contribution in [0.4, 0.5) is 0 Å². The topological polar surface area (TPSA) is 18.5 Å². The molecule has 3 nitrogen and oxygen atoms in total. The van der Waals surface area contributed by atoms with Gasteiger partial charge in [0.1, 0.15) is 0 Å². The molecule has 1 saturated carbocycles. The van der Waals surface area contributed by atoms with Gasteiger partial charge in [-0.1, -0.05) is 19.3 Å². The molecule has 0 atom stereocenters. The second kappa shape index (κ2) is 5.68. The standard InChI is InChI=1S/C14H27N3/c1-2-5-13(6-3-1)17-11-14(12-17)16-9-4-7-15-8-10-16/h13-15H,1-12H2. The lowest BCUT2D eigenvalue weighted by Gasteiger charge is -2.49. The summed E-state index contributed by atoms with van der Waals surface area (Å²) in [6, 6.07) is 1.81. The van der Waals surface area contributed by atoms with Crippen LogP contribution in [0, 0.1) is 0 Å². The van der Waals surface area contributed by atoms with Gasteiger partial charge in [-0.2, -0.15) is 0 Å². The Morgan fingerprint density at radius 3 is 2.35 bits per heavy atom. The van der Waals surface area contributed by atoms with E-state index in [1.807, 2.05) is 0 Å². The number of nitrogens with one attached hydrogen (secondary N) is 1. The van der Waals surface area contributed by atoms with Crippen molar-refractivity contribution in [3.63, 3.8) is 0 Å². The minimum atomic E-state index is 0.872. The number of likely N-dealkylation sites (tertiary alicyclic amines) is 1. The highest BCUT2D eigenvalue weighted by atomic mass is 15.3. The fourth-order valence-electron chi connectivity index (χ4n) is 3.69. The lowest BCUT2D eigenvalue weighted by molar-refractivity contribution is -0.00326. The number of rotatable bonds is 2. The van der Waals surface area contributed by atoms with Crippen molar-refractivity contribution in [1.29, 1.82) is 0 Å². The van der Waals surface area contributed by atoms with Gasteiger partial charge in [-0.25, -0.2) is 0 Å². The van der Waals surface area contributed by atoms with Crippen molar-refractivity contribution >= 4 is 0 Å². The maximum atomic E-state index is 3.50. The van der Waals surface area contributed by atoms with E-state index in [0.717, 1.165) is 12.1 Å². The molecule has 0 aromatic rings. The van der Waals surface area contributed by atoms with Gasteiger partial charge < -0.3 is 5.32 Å². The van der Waals surface area contributed by atoms with Crippen molar-refractivity contribution in [1.82, 2.24) is 15.1 Å². The van der Waals surface area contributed by atoms with Crippen LogP contribution in [0.3, 0.4) is 0 Å². The van der Waals surface area contributed by atoms with Crippen LogP contribution in [0.25, 0.3) is 0 Å². The fourth-order valence-corrected chi connectivity index (χ4v) is 3.69. The summed E-state index contributed by atoms with van der Waals surface area (Å²) in [6.45, 7) is 7.70. The molecule has 0 bridgehead atoms. The van der Waals surface area contributed by atoms with Crippen LogP contribution in [0.2, 0.25) is 0 Å². The molecule has 17 heavy (non-hydrogen) atoms. The Morgan fingerprint density at radius 2 is 1.53 bits per heavy atom. The molecule has 98 valence electrons. The molecule has 3 fully saturated rings. The Kier molecular flexibility index (Phi) is 3.99. The molecule has 2 aliphatic heterocycles. The predicted molar refractivity (Wildman–Crippen MR) is 71.3 cm³/mol. The smallest absolute Gasteiger partial charge is 0.0351 e. The van der Waals surface area contributed by atoms with Gasteiger partial charge in [0.2, 0.25) is 0 Å². The minimum absolute atomic E-state index is 0.872. The molecule has 0 radical (unpaired) electrons. The highest BCUT2D eigenvalue weighted by molar-refractivity contribution is 4.93. The van der Waals surface area contributed by atoms with Gasteiger partial charge in [0.05, 0.1) is 0 Å². The largest absolute Gasteiger partial charge is 0.315 e. The zero-order valence-electron chi connectivity index (χ0n) is 11.0.